The Morgan fingerprint density at radius 3 is 2.70 bits per heavy atom. The van der Waals surface area contributed by atoms with E-state index < -0.39 is 28.9 Å². The third-order valence-electron chi connectivity index (χ3n) is 2.48. The zero-order valence-corrected chi connectivity index (χ0v) is 11.3. The fourth-order valence-electron chi connectivity index (χ4n) is 1.41. The lowest BCUT2D eigenvalue weighted by molar-refractivity contribution is -0.0471. The molecule has 1 aromatic rings. The highest BCUT2D eigenvalue weighted by Crippen LogP contribution is 2.13. The lowest BCUT2D eigenvalue weighted by Gasteiger charge is -2.13. The molecule has 1 rings (SSSR count). The number of hydrogen-bond acceptors (Lipinski definition) is 5. The maximum absolute atomic E-state index is 12.7. The van der Waals surface area contributed by atoms with Crippen LogP contribution in [-0.2, 0) is 9.84 Å². The molecule has 0 aliphatic carbocycles. The molecule has 110 valence electrons. The van der Waals surface area contributed by atoms with Gasteiger partial charge < -0.3 is 10.4 Å². The number of aliphatic hydroxyl groups excluding tert-OH is 1. The minimum atomic E-state index is -3.64. The van der Waals surface area contributed by atoms with Crippen LogP contribution in [0.25, 0.3) is 0 Å². The summed E-state index contributed by atoms with van der Waals surface area (Å²) >= 11 is 0. The first-order valence-electron chi connectivity index (χ1n) is 5.73. The van der Waals surface area contributed by atoms with Gasteiger partial charge in [-0.3, -0.25) is 0 Å². The quantitative estimate of drug-likeness (QED) is 0.718. The van der Waals surface area contributed by atoms with Crippen LogP contribution < -0.4 is 5.32 Å². The summed E-state index contributed by atoms with van der Waals surface area (Å²) in [4.78, 5) is -0.0210. The van der Waals surface area contributed by atoms with Gasteiger partial charge in [-0.1, -0.05) is 6.07 Å². The molecule has 0 aliphatic heterocycles. The normalized spacial score (nSPS) is 12.1. The zero-order valence-electron chi connectivity index (χ0n) is 10.5. The lowest BCUT2D eigenvalue weighted by Crippen LogP contribution is -2.37. The first-order valence-corrected chi connectivity index (χ1v) is 7.38. The van der Waals surface area contributed by atoms with Gasteiger partial charge in [-0.15, -0.1) is 0 Å². The Labute approximate surface area is 115 Å². The molecule has 0 unspecified atom stereocenters. The fraction of sp³-hybridized carbons (Fsp3) is 0.417. The molecule has 0 saturated carbocycles. The number of aliphatic hydroxyl groups is 1. The number of nitriles is 1. The van der Waals surface area contributed by atoms with Crippen LogP contribution in [0.1, 0.15) is 5.56 Å². The molecule has 5 nitrogen and oxygen atoms in total. The summed E-state index contributed by atoms with van der Waals surface area (Å²) in [5.74, 6) is -3.64. The van der Waals surface area contributed by atoms with Gasteiger partial charge in [0.15, 0.2) is 9.84 Å². The van der Waals surface area contributed by atoms with E-state index in [0.29, 0.717) is 0 Å². The van der Waals surface area contributed by atoms with E-state index in [1.54, 1.807) is 0 Å². The van der Waals surface area contributed by atoms with Crippen molar-refractivity contribution in [2.75, 3.05) is 25.4 Å². The lowest BCUT2D eigenvalue weighted by atomic mass is 10.2. The van der Waals surface area contributed by atoms with Gasteiger partial charge in [0, 0.05) is 6.54 Å². The summed E-state index contributed by atoms with van der Waals surface area (Å²) in [6, 6.07) is 7.32. The first kappa shape index (κ1) is 16.5. The second-order valence-corrected chi connectivity index (χ2v) is 6.26. The summed E-state index contributed by atoms with van der Waals surface area (Å²) in [6.07, 6.45) is 0. The maximum atomic E-state index is 12.7. The molecule has 20 heavy (non-hydrogen) atoms. The molecule has 0 aliphatic rings. The Bertz CT molecular complexity index is 597. The number of nitrogens with zero attached hydrogens (tertiary/aromatic N) is 1. The van der Waals surface area contributed by atoms with Crippen molar-refractivity contribution in [3.05, 3.63) is 29.8 Å². The van der Waals surface area contributed by atoms with Crippen molar-refractivity contribution in [1.82, 2.24) is 5.32 Å². The smallest absolute Gasteiger partial charge is 0.282 e. The molecule has 0 fully saturated rings. The van der Waals surface area contributed by atoms with Crippen molar-refractivity contribution < 1.29 is 22.3 Å². The number of hydrogen-bond donors (Lipinski definition) is 2. The third kappa shape index (κ3) is 4.85. The molecule has 0 bridgehead atoms. The van der Waals surface area contributed by atoms with Crippen LogP contribution in [-0.4, -0.2) is 44.9 Å². The Morgan fingerprint density at radius 2 is 2.10 bits per heavy atom. The van der Waals surface area contributed by atoms with Gasteiger partial charge in [0.2, 0.25) is 0 Å². The molecule has 0 amide bonds. The van der Waals surface area contributed by atoms with Crippen LogP contribution in [0.4, 0.5) is 8.78 Å². The minimum Gasteiger partial charge on any atom is -0.390 e. The summed E-state index contributed by atoms with van der Waals surface area (Å²) in [5, 5.41) is 19.3. The summed E-state index contributed by atoms with van der Waals surface area (Å²) in [7, 11) is -3.64. The molecule has 8 heteroatoms. The van der Waals surface area contributed by atoms with E-state index in [2.05, 4.69) is 5.32 Å². The molecule has 0 saturated heterocycles. The monoisotopic (exact) mass is 304 g/mol. The van der Waals surface area contributed by atoms with Crippen molar-refractivity contribution >= 4 is 9.84 Å². The van der Waals surface area contributed by atoms with Crippen LogP contribution in [0.15, 0.2) is 29.2 Å². The Morgan fingerprint density at radius 1 is 1.40 bits per heavy atom. The summed E-state index contributed by atoms with van der Waals surface area (Å²) in [6.45, 7) is -2.26. The SMILES string of the molecule is N#Cc1cccc(S(=O)(=O)CCNCC(F)(F)CO)c1. The van der Waals surface area contributed by atoms with Crippen molar-refractivity contribution in [2.45, 2.75) is 10.8 Å². The van der Waals surface area contributed by atoms with Crippen LogP contribution in [0.5, 0.6) is 0 Å². The van der Waals surface area contributed by atoms with Crippen LogP contribution in [0, 0.1) is 11.3 Å². The third-order valence-corrected chi connectivity index (χ3v) is 4.20. The average molecular weight is 304 g/mol. The van der Waals surface area contributed by atoms with Crippen molar-refractivity contribution in [3.63, 3.8) is 0 Å². The number of benzene rings is 1. The van der Waals surface area contributed by atoms with Gasteiger partial charge in [0.25, 0.3) is 5.92 Å². The number of nitrogens with one attached hydrogen (secondary N) is 1. The largest absolute Gasteiger partial charge is 0.390 e. The molecular weight excluding hydrogens is 290 g/mol. The Kier molecular flexibility index (Phi) is 5.56. The average Bonchev–Trinajstić information content (AvgIpc) is 2.44. The predicted octanol–water partition coefficient (Wildman–Crippen LogP) is 0.549. The van der Waals surface area contributed by atoms with E-state index in [9.17, 15) is 17.2 Å². The highest BCUT2D eigenvalue weighted by molar-refractivity contribution is 7.91. The Hall–Kier alpha value is -1.56. The van der Waals surface area contributed by atoms with Gasteiger partial charge in [-0.05, 0) is 18.2 Å². The zero-order chi connectivity index (χ0) is 15.2. The van der Waals surface area contributed by atoms with Gasteiger partial charge in [0.05, 0.1) is 28.8 Å². The van der Waals surface area contributed by atoms with E-state index in [4.69, 9.17) is 10.4 Å². The molecule has 1 aromatic carbocycles. The van der Waals surface area contributed by atoms with Gasteiger partial charge in [-0.2, -0.15) is 5.26 Å². The van der Waals surface area contributed by atoms with Crippen LogP contribution in [0.3, 0.4) is 0 Å². The molecule has 0 aromatic heterocycles. The molecule has 0 radical (unpaired) electrons. The molecule has 0 spiro atoms. The fourth-order valence-corrected chi connectivity index (χ4v) is 2.65. The van der Waals surface area contributed by atoms with Crippen LogP contribution >= 0.6 is 0 Å². The first-order chi connectivity index (χ1) is 9.30. The van der Waals surface area contributed by atoms with E-state index >= 15 is 0 Å². The number of rotatable bonds is 7. The van der Waals surface area contributed by atoms with Gasteiger partial charge in [0.1, 0.15) is 6.61 Å². The minimum absolute atomic E-state index is 0.0210. The van der Waals surface area contributed by atoms with Crippen LogP contribution in [0.2, 0.25) is 0 Å². The standard InChI is InChI=1S/C12H14F2N2O3S/c13-12(14,9-17)8-16-4-5-20(18,19)11-3-1-2-10(6-11)7-15/h1-3,6,16-17H,4-5,8-9H2. The second kappa shape index (κ2) is 6.74. The second-order valence-electron chi connectivity index (χ2n) is 4.15. The van der Waals surface area contributed by atoms with Gasteiger partial charge in [-0.25, -0.2) is 17.2 Å². The molecule has 2 N–H and O–H groups in total. The topological polar surface area (TPSA) is 90.2 Å². The van der Waals surface area contributed by atoms with Gasteiger partial charge >= 0.3 is 0 Å². The molecule has 0 atom stereocenters. The highest BCUT2D eigenvalue weighted by Gasteiger charge is 2.27. The molecule has 0 heterocycles. The van der Waals surface area contributed by atoms with E-state index in [1.807, 2.05) is 6.07 Å². The predicted molar refractivity (Wildman–Crippen MR) is 68.1 cm³/mol. The van der Waals surface area contributed by atoms with E-state index in [-0.39, 0.29) is 22.8 Å². The molecular formula is C12H14F2N2O3S. The summed E-state index contributed by atoms with van der Waals surface area (Å²) in [5.41, 5.74) is 0.214. The highest BCUT2D eigenvalue weighted by atomic mass is 32.2. The number of alkyl halides is 2. The van der Waals surface area contributed by atoms with E-state index in [0.717, 1.165) is 0 Å². The maximum Gasteiger partial charge on any atom is 0.282 e. The Balaban J connectivity index is 2.60. The summed E-state index contributed by atoms with van der Waals surface area (Å²) < 4.78 is 49.2. The number of halogens is 2. The van der Waals surface area contributed by atoms with E-state index in [1.165, 1.54) is 24.3 Å². The number of sulfone groups is 1. The van der Waals surface area contributed by atoms with Crippen molar-refractivity contribution in [3.8, 4) is 6.07 Å². The van der Waals surface area contributed by atoms with Crippen molar-refractivity contribution in [1.29, 1.82) is 5.26 Å². The van der Waals surface area contributed by atoms with Crippen molar-refractivity contribution in [2.24, 2.45) is 0 Å².